The molecule has 0 unspecified atom stereocenters. The summed E-state index contributed by atoms with van der Waals surface area (Å²) in [6.45, 7) is 4.20. The lowest BCUT2D eigenvalue weighted by atomic mass is 10.0. The van der Waals surface area contributed by atoms with E-state index in [0.717, 1.165) is 51.7 Å². The molecule has 1 aliphatic heterocycles. The number of likely N-dealkylation sites (tertiary alicyclic amines) is 1. The largest absolute Gasteiger partial charge is 0.478 e. The highest BCUT2D eigenvalue weighted by molar-refractivity contribution is 6.05. The summed E-state index contributed by atoms with van der Waals surface area (Å²) in [5.74, 6) is 0.651. The Labute approximate surface area is 204 Å². The maximum Gasteiger partial charge on any atom is 0.333 e. The first-order valence-electron chi connectivity index (χ1n) is 12.4. The number of nitrogens with zero attached hydrogens (tertiary/aromatic N) is 5. The van der Waals surface area contributed by atoms with E-state index in [0.29, 0.717) is 12.5 Å². The van der Waals surface area contributed by atoms with Gasteiger partial charge in [-0.2, -0.15) is 0 Å². The molecule has 0 N–H and O–H groups in total. The maximum absolute atomic E-state index is 13.0. The zero-order chi connectivity index (χ0) is 23.8. The predicted octanol–water partition coefficient (Wildman–Crippen LogP) is 4.62. The Balaban J connectivity index is 1.24. The molecule has 1 aliphatic carbocycles. The van der Waals surface area contributed by atoms with Crippen molar-refractivity contribution in [1.29, 1.82) is 0 Å². The number of aryl methyl sites for hydroxylation is 1. The van der Waals surface area contributed by atoms with Gasteiger partial charge in [-0.3, -0.25) is 14.1 Å². The molecule has 35 heavy (non-hydrogen) atoms. The molecule has 3 aromatic heterocycles. The number of imidazole rings is 1. The van der Waals surface area contributed by atoms with Crippen LogP contribution in [-0.4, -0.2) is 50.2 Å². The quantitative estimate of drug-likeness (QED) is 0.371. The fourth-order valence-electron chi connectivity index (χ4n) is 5.03. The third-order valence-electron chi connectivity index (χ3n) is 7.06. The van der Waals surface area contributed by atoms with Crippen molar-refractivity contribution in [2.24, 2.45) is 7.05 Å². The second kappa shape index (κ2) is 9.15. The van der Waals surface area contributed by atoms with Gasteiger partial charge in [-0.05, 0) is 68.3 Å². The van der Waals surface area contributed by atoms with Crippen molar-refractivity contribution >= 4 is 27.6 Å². The van der Waals surface area contributed by atoms with E-state index < -0.39 is 0 Å². The van der Waals surface area contributed by atoms with Crippen LogP contribution in [0.25, 0.3) is 38.8 Å². The molecule has 178 valence electrons. The number of allylic oxidation sites excluding steroid dienone is 4. The van der Waals surface area contributed by atoms with Gasteiger partial charge in [0.25, 0.3) is 0 Å². The average Bonchev–Trinajstić information content (AvgIpc) is 3.12. The normalized spacial score (nSPS) is 16.0. The van der Waals surface area contributed by atoms with E-state index in [-0.39, 0.29) is 5.69 Å². The Bertz CT molecular complexity index is 1500. The van der Waals surface area contributed by atoms with Crippen LogP contribution in [0.4, 0.5) is 0 Å². The van der Waals surface area contributed by atoms with Gasteiger partial charge in [-0.1, -0.05) is 18.6 Å². The average molecular weight is 468 g/mol. The van der Waals surface area contributed by atoms with Crippen molar-refractivity contribution in [3.63, 3.8) is 0 Å². The minimum Gasteiger partial charge on any atom is -0.478 e. The van der Waals surface area contributed by atoms with Crippen LogP contribution in [0.3, 0.4) is 0 Å². The molecule has 0 bridgehead atoms. The molecule has 4 heterocycles. The molecule has 0 atom stereocenters. The third-order valence-corrected chi connectivity index (χ3v) is 7.06. The zero-order valence-corrected chi connectivity index (χ0v) is 20.0. The van der Waals surface area contributed by atoms with Crippen molar-refractivity contribution in [3.8, 4) is 17.0 Å². The van der Waals surface area contributed by atoms with E-state index in [1.165, 1.54) is 32.4 Å². The highest BCUT2D eigenvalue weighted by Gasteiger charge is 2.18. The van der Waals surface area contributed by atoms with Gasteiger partial charge >= 0.3 is 5.69 Å². The molecule has 1 aromatic carbocycles. The van der Waals surface area contributed by atoms with Gasteiger partial charge in [0.2, 0.25) is 5.88 Å². The number of fused-ring (bicyclic) bond motifs is 3. The molecule has 7 nitrogen and oxygen atoms in total. The fraction of sp³-hybridized carbons (Fsp3) is 0.321. The lowest BCUT2D eigenvalue weighted by Gasteiger charge is -2.26. The number of ether oxygens (including phenoxy) is 1. The van der Waals surface area contributed by atoms with E-state index in [9.17, 15) is 4.79 Å². The third kappa shape index (κ3) is 4.06. The van der Waals surface area contributed by atoms with E-state index >= 15 is 0 Å². The second-order valence-corrected chi connectivity index (χ2v) is 9.34. The number of hydrogen-bond donors (Lipinski definition) is 0. The van der Waals surface area contributed by atoms with E-state index in [1.807, 2.05) is 48.7 Å². The summed E-state index contributed by atoms with van der Waals surface area (Å²) in [6, 6.07) is 10.1. The number of aromatic nitrogens is 4. The summed E-state index contributed by atoms with van der Waals surface area (Å²) in [6.07, 6.45) is 14.5. The second-order valence-electron chi connectivity index (χ2n) is 9.34. The summed E-state index contributed by atoms with van der Waals surface area (Å²) < 4.78 is 9.31. The number of pyridine rings is 2. The van der Waals surface area contributed by atoms with Crippen LogP contribution in [0.15, 0.2) is 65.7 Å². The molecular formula is C28H29N5O2. The van der Waals surface area contributed by atoms with E-state index in [2.05, 4.69) is 20.9 Å². The maximum atomic E-state index is 13.0. The molecule has 0 radical (unpaired) electrons. The SMILES string of the molecule is Cn1c(=O)n(C2=CC=C2)c2c3cc(-c4ccc(OCCCN5CCCCC5)nc4)ccc3ncc21. The molecule has 1 saturated heterocycles. The Morgan fingerprint density at radius 1 is 1.00 bits per heavy atom. The summed E-state index contributed by atoms with van der Waals surface area (Å²) in [5, 5.41) is 0.942. The highest BCUT2D eigenvalue weighted by Crippen LogP contribution is 2.30. The minimum absolute atomic E-state index is 0.0706. The van der Waals surface area contributed by atoms with Crippen LogP contribution in [0.2, 0.25) is 0 Å². The molecular weight excluding hydrogens is 438 g/mol. The molecule has 6 rings (SSSR count). The van der Waals surface area contributed by atoms with Crippen LogP contribution in [0.5, 0.6) is 5.88 Å². The van der Waals surface area contributed by atoms with E-state index in [4.69, 9.17) is 4.74 Å². The Hall–Kier alpha value is -3.71. The van der Waals surface area contributed by atoms with Gasteiger partial charge in [-0.25, -0.2) is 9.78 Å². The zero-order valence-electron chi connectivity index (χ0n) is 20.0. The smallest absolute Gasteiger partial charge is 0.333 e. The summed E-state index contributed by atoms with van der Waals surface area (Å²) in [5.41, 5.74) is 5.38. The van der Waals surface area contributed by atoms with Crippen LogP contribution in [0, 0.1) is 0 Å². The van der Waals surface area contributed by atoms with Gasteiger partial charge in [-0.15, -0.1) is 0 Å². The molecule has 2 aliphatic rings. The van der Waals surface area contributed by atoms with Crippen LogP contribution in [0.1, 0.15) is 25.7 Å². The topological polar surface area (TPSA) is 65.2 Å². The summed E-state index contributed by atoms with van der Waals surface area (Å²) in [7, 11) is 1.79. The molecule has 0 saturated carbocycles. The summed E-state index contributed by atoms with van der Waals surface area (Å²) >= 11 is 0. The van der Waals surface area contributed by atoms with Gasteiger partial charge in [0.1, 0.15) is 0 Å². The highest BCUT2D eigenvalue weighted by atomic mass is 16.5. The molecule has 4 aromatic rings. The standard InChI is InChI=1S/C28H29N5O2/c1-31-25-19-29-24-11-9-20(17-23(24)27(25)33(28(31)34)22-7-5-8-22)21-10-12-26(30-18-21)35-16-6-15-32-13-3-2-4-14-32/h5,7-12,17-19H,2-4,6,13-16H2,1H3. The van der Waals surface area contributed by atoms with Crippen LogP contribution < -0.4 is 10.4 Å². The number of hydrogen-bond acceptors (Lipinski definition) is 5. The molecule has 7 heteroatoms. The van der Waals surface area contributed by atoms with Crippen LogP contribution >= 0.6 is 0 Å². The first-order valence-corrected chi connectivity index (χ1v) is 12.4. The number of rotatable bonds is 7. The van der Waals surface area contributed by atoms with Gasteiger partial charge < -0.3 is 9.64 Å². The predicted molar refractivity (Wildman–Crippen MR) is 140 cm³/mol. The van der Waals surface area contributed by atoms with Gasteiger partial charge in [0, 0.05) is 36.8 Å². The fourth-order valence-corrected chi connectivity index (χ4v) is 5.03. The van der Waals surface area contributed by atoms with Crippen LogP contribution in [-0.2, 0) is 7.05 Å². The molecule has 1 fully saturated rings. The lowest BCUT2D eigenvalue weighted by molar-refractivity contribution is 0.203. The number of benzene rings is 1. The van der Waals surface area contributed by atoms with Crippen molar-refractivity contribution in [2.45, 2.75) is 25.7 Å². The number of piperidine rings is 1. The lowest BCUT2D eigenvalue weighted by Crippen LogP contribution is -2.31. The van der Waals surface area contributed by atoms with Crippen molar-refractivity contribution < 1.29 is 4.74 Å². The minimum atomic E-state index is -0.0706. The monoisotopic (exact) mass is 467 g/mol. The van der Waals surface area contributed by atoms with Crippen molar-refractivity contribution in [2.75, 3.05) is 26.2 Å². The van der Waals surface area contributed by atoms with Gasteiger partial charge in [0.05, 0.1) is 35.1 Å². The summed E-state index contributed by atoms with van der Waals surface area (Å²) in [4.78, 5) is 24.6. The van der Waals surface area contributed by atoms with Crippen molar-refractivity contribution in [1.82, 2.24) is 24.0 Å². The first kappa shape index (κ1) is 21.8. The van der Waals surface area contributed by atoms with E-state index in [1.54, 1.807) is 22.4 Å². The first-order chi connectivity index (χ1) is 17.2. The molecule has 0 spiro atoms. The van der Waals surface area contributed by atoms with Gasteiger partial charge in [0.15, 0.2) is 0 Å². The Morgan fingerprint density at radius 3 is 2.57 bits per heavy atom. The van der Waals surface area contributed by atoms with Crippen molar-refractivity contribution in [3.05, 3.63) is 71.4 Å². The Morgan fingerprint density at radius 2 is 1.83 bits per heavy atom. The Kier molecular flexibility index (Phi) is 5.70. The molecule has 0 amide bonds.